The highest BCUT2D eigenvalue weighted by atomic mass is 16.5. The fourth-order valence-electron chi connectivity index (χ4n) is 1.39. The number of nitrogens with zero attached hydrogens (tertiary/aromatic N) is 1. The number of H-pyrrole nitrogens is 1. The first kappa shape index (κ1) is 10.2. The number of hydrogen-bond donors (Lipinski definition) is 4. The number of aromatic amines is 1. The van der Waals surface area contributed by atoms with Gasteiger partial charge in [-0.25, -0.2) is 4.98 Å². The number of nitrogens with two attached hydrogens (primary N) is 1. The lowest BCUT2D eigenvalue weighted by Gasteiger charge is -2.07. The first-order valence-electron chi connectivity index (χ1n) is 4.52. The van der Waals surface area contributed by atoms with Crippen molar-refractivity contribution in [3.8, 4) is 28.5 Å². The van der Waals surface area contributed by atoms with Crippen molar-refractivity contribution < 1.29 is 14.9 Å². The third-order valence-electron chi connectivity index (χ3n) is 2.18. The third-order valence-corrected chi connectivity index (χ3v) is 2.18. The van der Waals surface area contributed by atoms with Crippen LogP contribution in [0.5, 0.6) is 17.2 Å². The Bertz CT molecular complexity index is 522. The Hall–Kier alpha value is -2.37. The van der Waals surface area contributed by atoms with E-state index < -0.39 is 0 Å². The van der Waals surface area contributed by atoms with Gasteiger partial charge in [-0.3, -0.25) is 0 Å². The zero-order valence-electron chi connectivity index (χ0n) is 8.56. The average molecular weight is 221 g/mol. The van der Waals surface area contributed by atoms with E-state index in [0.717, 1.165) is 0 Å². The van der Waals surface area contributed by atoms with Crippen molar-refractivity contribution in [3.05, 3.63) is 18.3 Å². The molecule has 0 atom stereocenters. The molecule has 0 aliphatic heterocycles. The molecule has 84 valence electrons. The van der Waals surface area contributed by atoms with E-state index in [4.69, 9.17) is 10.5 Å². The number of nitrogens with one attached hydrogen (secondary N) is 1. The maximum atomic E-state index is 9.48. The maximum absolute atomic E-state index is 9.48. The number of hydrogen-bond acceptors (Lipinski definition) is 5. The highest BCUT2D eigenvalue weighted by Gasteiger charge is 2.11. The summed E-state index contributed by atoms with van der Waals surface area (Å²) in [5.74, 6) is -0.0917. The first-order valence-corrected chi connectivity index (χ1v) is 4.52. The monoisotopic (exact) mass is 221 g/mol. The lowest BCUT2D eigenvalue weighted by Crippen LogP contribution is -1.87. The van der Waals surface area contributed by atoms with Crippen molar-refractivity contribution in [3.63, 3.8) is 0 Å². The average Bonchev–Trinajstić information content (AvgIpc) is 2.69. The van der Waals surface area contributed by atoms with E-state index in [-0.39, 0.29) is 23.2 Å². The Kier molecular flexibility index (Phi) is 2.32. The number of imidazole rings is 1. The van der Waals surface area contributed by atoms with E-state index in [1.54, 1.807) is 6.07 Å². The molecule has 6 nitrogen and oxygen atoms in total. The Morgan fingerprint density at radius 3 is 2.69 bits per heavy atom. The normalized spacial score (nSPS) is 10.3. The number of rotatable bonds is 2. The van der Waals surface area contributed by atoms with E-state index in [0.29, 0.717) is 11.3 Å². The number of ether oxygens (including phenoxy) is 1. The van der Waals surface area contributed by atoms with Gasteiger partial charge in [-0.05, 0) is 12.1 Å². The van der Waals surface area contributed by atoms with E-state index >= 15 is 0 Å². The summed E-state index contributed by atoms with van der Waals surface area (Å²) in [6.07, 6.45) is 1.53. The Balaban J connectivity index is 2.54. The number of aromatic hydroxyl groups is 2. The molecule has 5 N–H and O–H groups in total. The van der Waals surface area contributed by atoms with E-state index in [9.17, 15) is 10.2 Å². The molecular formula is C10H11N3O3. The van der Waals surface area contributed by atoms with Gasteiger partial charge in [0.1, 0.15) is 0 Å². The van der Waals surface area contributed by atoms with Gasteiger partial charge in [-0.2, -0.15) is 0 Å². The number of aromatic nitrogens is 2. The molecule has 0 radical (unpaired) electrons. The molecule has 0 unspecified atom stereocenters. The second-order valence-corrected chi connectivity index (χ2v) is 3.23. The molecular weight excluding hydrogens is 210 g/mol. The van der Waals surface area contributed by atoms with Crippen LogP contribution in [0.4, 0.5) is 5.95 Å². The SMILES string of the molecule is COc1cc(-c2cnc(N)[nH]2)cc(O)c1O. The van der Waals surface area contributed by atoms with Crippen LogP contribution in [0.2, 0.25) is 0 Å². The van der Waals surface area contributed by atoms with Crippen molar-refractivity contribution in [1.82, 2.24) is 9.97 Å². The van der Waals surface area contributed by atoms with Crippen LogP contribution in [0.15, 0.2) is 18.3 Å². The van der Waals surface area contributed by atoms with Crippen LogP contribution in [0.25, 0.3) is 11.3 Å². The van der Waals surface area contributed by atoms with Gasteiger partial charge in [-0.1, -0.05) is 0 Å². The van der Waals surface area contributed by atoms with Crippen LogP contribution in [-0.4, -0.2) is 27.3 Å². The van der Waals surface area contributed by atoms with Gasteiger partial charge in [0.25, 0.3) is 0 Å². The minimum absolute atomic E-state index is 0.183. The van der Waals surface area contributed by atoms with Crippen LogP contribution in [-0.2, 0) is 0 Å². The van der Waals surface area contributed by atoms with Gasteiger partial charge in [0.2, 0.25) is 5.75 Å². The number of nitrogen functional groups attached to an aromatic ring is 1. The molecule has 16 heavy (non-hydrogen) atoms. The van der Waals surface area contributed by atoms with Crippen LogP contribution >= 0.6 is 0 Å². The number of phenols is 2. The number of phenolic OH excluding ortho intramolecular Hbond substituents is 2. The summed E-state index contributed by atoms with van der Waals surface area (Å²) in [7, 11) is 1.40. The quantitative estimate of drug-likeness (QED) is 0.568. The smallest absolute Gasteiger partial charge is 0.200 e. The molecule has 1 heterocycles. The molecule has 1 aromatic heterocycles. The molecule has 0 fully saturated rings. The van der Waals surface area contributed by atoms with Crippen LogP contribution in [0, 0.1) is 0 Å². The van der Waals surface area contributed by atoms with Crippen molar-refractivity contribution in [2.75, 3.05) is 12.8 Å². The molecule has 2 aromatic rings. The summed E-state index contributed by atoms with van der Waals surface area (Å²) in [5, 5.41) is 18.9. The molecule has 6 heteroatoms. The summed E-state index contributed by atoms with van der Waals surface area (Å²) in [4.78, 5) is 6.65. The van der Waals surface area contributed by atoms with Crippen LogP contribution < -0.4 is 10.5 Å². The molecule has 0 amide bonds. The van der Waals surface area contributed by atoms with Gasteiger partial charge < -0.3 is 25.7 Å². The lowest BCUT2D eigenvalue weighted by molar-refractivity contribution is 0.351. The summed E-state index contributed by atoms with van der Waals surface area (Å²) in [6, 6.07) is 2.97. The summed E-state index contributed by atoms with van der Waals surface area (Å²) in [5.41, 5.74) is 6.70. The molecule has 0 saturated heterocycles. The fourth-order valence-corrected chi connectivity index (χ4v) is 1.39. The summed E-state index contributed by atoms with van der Waals surface area (Å²) < 4.78 is 4.92. The topological polar surface area (TPSA) is 104 Å². The van der Waals surface area contributed by atoms with Crippen molar-refractivity contribution in [2.45, 2.75) is 0 Å². The van der Waals surface area contributed by atoms with Gasteiger partial charge in [0.05, 0.1) is 19.0 Å². The fraction of sp³-hybridized carbons (Fsp3) is 0.100. The maximum Gasteiger partial charge on any atom is 0.200 e. The summed E-state index contributed by atoms with van der Waals surface area (Å²) in [6.45, 7) is 0. The minimum atomic E-state index is -0.293. The Morgan fingerprint density at radius 1 is 1.38 bits per heavy atom. The number of anilines is 1. The van der Waals surface area contributed by atoms with Crippen LogP contribution in [0.3, 0.4) is 0 Å². The molecule has 0 aliphatic carbocycles. The third kappa shape index (κ3) is 1.60. The zero-order valence-corrected chi connectivity index (χ0v) is 8.56. The highest BCUT2D eigenvalue weighted by molar-refractivity contribution is 5.68. The van der Waals surface area contributed by atoms with E-state index in [2.05, 4.69) is 9.97 Å². The second-order valence-electron chi connectivity index (χ2n) is 3.23. The van der Waals surface area contributed by atoms with Gasteiger partial charge >= 0.3 is 0 Å². The Morgan fingerprint density at radius 2 is 2.12 bits per heavy atom. The van der Waals surface area contributed by atoms with Gasteiger partial charge in [-0.15, -0.1) is 0 Å². The molecule has 0 saturated carbocycles. The van der Waals surface area contributed by atoms with Crippen molar-refractivity contribution in [1.29, 1.82) is 0 Å². The van der Waals surface area contributed by atoms with Crippen molar-refractivity contribution >= 4 is 5.95 Å². The first-order chi connectivity index (χ1) is 7.61. The molecule has 2 rings (SSSR count). The van der Waals surface area contributed by atoms with Gasteiger partial charge in [0.15, 0.2) is 17.4 Å². The Labute approximate surface area is 91.3 Å². The lowest BCUT2D eigenvalue weighted by atomic mass is 10.1. The predicted molar refractivity (Wildman–Crippen MR) is 58.3 cm³/mol. The standard InChI is InChI=1S/C10H11N3O3/c1-16-8-3-5(2-7(14)9(8)15)6-4-12-10(11)13-6/h2-4,14-15H,1H3,(H3,11,12,13). The van der Waals surface area contributed by atoms with Crippen molar-refractivity contribution in [2.24, 2.45) is 0 Å². The zero-order chi connectivity index (χ0) is 11.7. The van der Waals surface area contributed by atoms with E-state index in [1.165, 1.54) is 19.4 Å². The molecule has 0 spiro atoms. The van der Waals surface area contributed by atoms with E-state index in [1.807, 2.05) is 0 Å². The summed E-state index contributed by atoms with van der Waals surface area (Å²) >= 11 is 0. The minimum Gasteiger partial charge on any atom is -0.504 e. The van der Waals surface area contributed by atoms with Gasteiger partial charge in [0, 0.05) is 5.56 Å². The second kappa shape index (κ2) is 3.65. The largest absolute Gasteiger partial charge is 0.504 e. The number of methoxy groups -OCH3 is 1. The number of benzene rings is 1. The molecule has 0 aliphatic rings. The predicted octanol–water partition coefficient (Wildman–Crippen LogP) is 1.08. The van der Waals surface area contributed by atoms with Crippen LogP contribution in [0.1, 0.15) is 0 Å². The molecule has 1 aromatic carbocycles. The highest BCUT2D eigenvalue weighted by Crippen LogP contribution is 2.39. The molecule has 0 bridgehead atoms.